The van der Waals surface area contributed by atoms with Crippen molar-refractivity contribution in [3.05, 3.63) is 57.4 Å². The molecule has 1 fully saturated rings. The van der Waals surface area contributed by atoms with Crippen molar-refractivity contribution in [2.75, 3.05) is 0 Å². The summed E-state index contributed by atoms with van der Waals surface area (Å²) in [6.45, 7) is 1.50. The summed E-state index contributed by atoms with van der Waals surface area (Å²) >= 11 is 3.36. The Kier molecular flexibility index (Phi) is 4.11. The summed E-state index contributed by atoms with van der Waals surface area (Å²) in [6.07, 6.45) is 3.46. The zero-order valence-corrected chi connectivity index (χ0v) is 14.5. The Labute approximate surface area is 146 Å². The van der Waals surface area contributed by atoms with E-state index in [1.165, 1.54) is 25.1 Å². The molecule has 2 aliphatic carbocycles. The lowest BCUT2D eigenvalue weighted by Crippen LogP contribution is -2.38. The summed E-state index contributed by atoms with van der Waals surface area (Å²) in [4.78, 5) is 24.0. The number of carboxylic acids is 2. The van der Waals surface area contributed by atoms with Gasteiger partial charge in [-0.1, -0.05) is 18.2 Å². The lowest BCUT2D eigenvalue weighted by Gasteiger charge is -2.37. The fraction of sp³-hybridized carbons (Fsp3) is 0.333. The summed E-state index contributed by atoms with van der Waals surface area (Å²) in [5.74, 6) is -3.66. The third-order valence-corrected chi connectivity index (χ3v) is 5.61. The van der Waals surface area contributed by atoms with Gasteiger partial charge >= 0.3 is 11.9 Å². The first-order chi connectivity index (χ1) is 11.3. The van der Waals surface area contributed by atoms with Gasteiger partial charge in [-0.05, 0) is 64.9 Å². The normalized spacial score (nSPS) is 27.0. The van der Waals surface area contributed by atoms with Crippen LogP contribution in [-0.2, 0) is 9.59 Å². The van der Waals surface area contributed by atoms with Gasteiger partial charge in [-0.15, -0.1) is 0 Å². The van der Waals surface area contributed by atoms with E-state index >= 15 is 0 Å². The molecule has 6 heteroatoms. The lowest BCUT2D eigenvalue weighted by molar-refractivity contribution is -0.146. The average Bonchev–Trinajstić information content (AvgIpc) is 3.33. The zero-order chi connectivity index (χ0) is 17.6. The molecule has 2 aliphatic rings. The van der Waals surface area contributed by atoms with Crippen molar-refractivity contribution in [2.24, 2.45) is 11.3 Å². The van der Waals surface area contributed by atoms with Crippen LogP contribution in [-0.4, -0.2) is 22.2 Å². The van der Waals surface area contributed by atoms with E-state index < -0.39 is 29.1 Å². The van der Waals surface area contributed by atoms with E-state index in [2.05, 4.69) is 15.9 Å². The van der Waals surface area contributed by atoms with E-state index in [9.17, 15) is 24.2 Å². The first kappa shape index (κ1) is 16.9. The first-order valence-corrected chi connectivity index (χ1v) is 8.40. The van der Waals surface area contributed by atoms with Gasteiger partial charge in [0.2, 0.25) is 0 Å². The fourth-order valence-corrected chi connectivity index (χ4v) is 4.18. The van der Waals surface area contributed by atoms with Crippen LogP contribution in [0.15, 0.2) is 46.0 Å². The minimum atomic E-state index is -1.46. The third kappa shape index (κ3) is 2.69. The molecule has 0 bridgehead atoms. The van der Waals surface area contributed by atoms with E-state index in [-0.39, 0.29) is 11.5 Å². The van der Waals surface area contributed by atoms with E-state index in [1.807, 2.05) is 0 Å². The molecule has 0 aromatic heterocycles. The molecule has 0 spiro atoms. The quantitative estimate of drug-likeness (QED) is 0.806. The third-order valence-electron chi connectivity index (χ3n) is 4.72. The molecule has 0 heterocycles. The second-order valence-electron chi connectivity index (χ2n) is 6.48. The fourth-order valence-electron chi connectivity index (χ4n) is 3.34. The van der Waals surface area contributed by atoms with Crippen LogP contribution in [0.4, 0.5) is 4.39 Å². The summed E-state index contributed by atoms with van der Waals surface area (Å²) in [6, 6.07) is 5.47. The minimum Gasteiger partial charge on any atom is -0.481 e. The molecule has 0 radical (unpaired) electrons. The Morgan fingerprint density at radius 2 is 1.96 bits per heavy atom. The van der Waals surface area contributed by atoms with E-state index in [4.69, 9.17) is 0 Å². The van der Waals surface area contributed by atoms with Crippen molar-refractivity contribution in [1.82, 2.24) is 0 Å². The largest absolute Gasteiger partial charge is 0.481 e. The van der Waals surface area contributed by atoms with Crippen LogP contribution in [0.5, 0.6) is 0 Å². The van der Waals surface area contributed by atoms with Gasteiger partial charge in [0.25, 0.3) is 0 Å². The van der Waals surface area contributed by atoms with Crippen molar-refractivity contribution in [2.45, 2.75) is 25.7 Å². The van der Waals surface area contributed by atoms with Gasteiger partial charge in [-0.3, -0.25) is 4.79 Å². The molecule has 3 rings (SSSR count). The highest BCUT2D eigenvalue weighted by Gasteiger charge is 2.50. The maximum atomic E-state index is 13.7. The van der Waals surface area contributed by atoms with Crippen LogP contribution < -0.4 is 0 Å². The smallest absolute Gasteiger partial charge is 0.333 e. The number of benzene rings is 1. The van der Waals surface area contributed by atoms with Gasteiger partial charge in [0.1, 0.15) is 5.82 Å². The van der Waals surface area contributed by atoms with Gasteiger partial charge in [0.15, 0.2) is 0 Å². The maximum Gasteiger partial charge on any atom is 0.333 e. The molecular formula is C18H16BrFO4. The van der Waals surface area contributed by atoms with E-state index in [0.717, 1.165) is 18.4 Å². The molecule has 24 heavy (non-hydrogen) atoms. The lowest BCUT2D eigenvalue weighted by atomic mass is 9.65. The van der Waals surface area contributed by atoms with Crippen molar-refractivity contribution in [1.29, 1.82) is 0 Å². The highest BCUT2D eigenvalue weighted by molar-refractivity contribution is 9.12. The van der Waals surface area contributed by atoms with Crippen LogP contribution in [0.1, 0.15) is 31.2 Å². The monoisotopic (exact) mass is 394 g/mol. The maximum absolute atomic E-state index is 13.7. The SMILES string of the molecule is CC1(C(=O)O)C=C(C2CC2)C(Br)=C(C(=O)O)C1c1cccc(F)c1. The molecule has 2 N–H and O–H groups in total. The highest BCUT2D eigenvalue weighted by Crippen LogP contribution is 2.55. The molecule has 2 unspecified atom stereocenters. The second kappa shape index (κ2) is 5.84. The predicted molar refractivity (Wildman–Crippen MR) is 89.3 cm³/mol. The number of rotatable bonds is 4. The highest BCUT2D eigenvalue weighted by atomic mass is 79.9. The first-order valence-electron chi connectivity index (χ1n) is 7.60. The number of carbonyl (C=O) groups is 2. The van der Waals surface area contributed by atoms with Crippen molar-refractivity contribution in [3.8, 4) is 0 Å². The van der Waals surface area contributed by atoms with Gasteiger partial charge in [-0.25, -0.2) is 9.18 Å². The Bertz CT molecular complexity index is 794. The Morgan fingerprint density at radius 1 is 1.29 bits per heavy atom. The van der Waals surface area contributed by atoms with Crippen molar-refractivity contribution in [3.63, 3.8) is 0 Å². The van der Waals surface area contributed by atoms with Gasteiger partial charge in [0, 0.05) is 10.4 Å². The van der Waals surface area contributed by atoms with Gasteiger partial charge in [0.05, 0.1) is 11.0 Å². The molecule has 1 saturated carbocycles. The topological polar surface area (TPSA) is 74.6 Å². The van der Waals surface area contributed by atoms with Crippen LogP contribution >= 0.6 is 15.9 Å². The Morgan fingerprint density at radius 3 is 2.46 bits per heavy atom. The average molecular weight is 395 g/mol. The summed E-state index contributed by atoms with van der Waals surface area (Å²) in [7, 11) is 0. The van der Waals surface area contributed by atoms with Crippen LogP contribution in [0.3, 0.4) is 0 Å². The van der Waals surface area contributed by atoms with Gasteiger partial charge < -0.3 is 10.2 Å². The Balaban J connectivity index is 2.26. The number of allylic oxidation sites excluding steroid dienone is 2. The van der Waals surface area contributed by atoms with Crippen molar-refractivity contribution >= 4 is 27.9 Å². The van der Waals surface area contributed by atoms with Crippen LogP contribution in [0.25, 0.3) is 0 Å². The molecule has 4 nitrogen and oxygen atoms in total. The minimum absolute atomic E-state index is 0.0325. The molecule has 0 saturated heterocycles. The summed E-state index contributed by atoms with van der Waals surface area (Å²) < 4.78 is 14.1. The summed E-state index contributed by atoms with van der Waals surface area (Å²) in [5.41, 5.74) is -0.434. The molecule has 0 aliphatic heterocycles. The molecule has 0 amide bonds. The summed E-state index contributed by atoms with van der Waals surface area (Å²) in [5, 5.41) is 19.6. The number of aliphatic carboxylic acids is 2. The van der Waals surface area contributed by atoms with Crippen LogP contribution in [0.2, 0.25) is 0 Å². The number of hydrogen-bond donors (Lipinski definition) is 2. The van der Waals surface area contributed by atoms with E-state index in [0.29, 0.717) is 10.0 Å². The number of halogens is 2. The van der Waals surface area contributed by atoms with E-state index in [1.54, 1.807) is 12.1 Å². The predicted octanol–water partition coefficient (Wildman–Crippen LogP) is 4.08. The number of carboxylic acid groups (broad SMARTS) is 2. The second-order valence-corrected chi connectivity index (χ2v) is 7.28. The molecule has 2 atom stereocenters. The zero-order valence-electron chi connectivity index (χ0n) is 12.9. The molecule has 126 valence electrons. The molecule has 1 aromatic rings. The van der Waals surface area contributed by atoms with Crippen molar-refractivity contribution < 1.29 is 24.2 Å². The van der Waals surface area contributed by atoms with Crippen LogP contribution in [0, 0.1) is 17.2 Å². The molecular weight excluding hydrogens is 379 g/mol. The number of hydrogen-bond acceptors (Lipinski definition) is 2. The Hall–Kier alpha value is -1.95. The van der Waals surface area contributed by atoms with Gasteiger partial charge in [-0.2, -0.15) is 0 Å². The standard InChI is InChI=1S/C18H16BrFO4/c1-18(17(23)24)8-12(9-5-6-9)15(19)13(16(21)22)14(18)10-3-2-4-11(20)7-10/h2-4,7-9,14H,5-6H2,1H3,(H,21,22)(H,23,24). The molecule has 1 aromatic carbocycles.